The van der Waals surface area contributed by atoms with Gasteiger partial charge < -0.3 is 63.2 Å². The van der Waals surface area contributed by atoms with Crippen LogP contribution in [0.5, 0.6) is 0 Å². The Hall–Kier alpha value is -7.10. The minimum Gasteiger partial charge on any atom is -0.480 e. The molecule has 0 bridgehead atoms. The number of hydrogen-bond acceptors (Lipinski definition) is 11. The highest BCUT2D eigenvalue weighted by Crippen LogP contribution is 2.18. The number of nitrogens with zero attached hydrogens (tertiary/aromatic N) is 2. The lowest BCUT2D eigenvalue weighted by Crippen LogP contribution is -2.58. The fourth-order valence-corrected chi connectivity index (χ4v) is 6.89. The molecule has 1 fully saturated rings. The second-order valence-electron chi connectivity index (χ2n) is 16.8. The normalized spacial score (nSPS) is 25.8. The zero-order valence-electron chi connectivity index (χ0n) is 39.9. The SMILES string of the molecule is C=C1C(=O)N[C@H](C)C(=O)N[C@@H](CCCN=C(N)N)C(=O)N[C@@H](C(=O)O)[C@H](C)C(=O)N[C@@H](C)C(=O)N[C@@H](C=C/C(C)=C/[C@H](C)[C@H](Cc2ccccc2)OC)[C@H](C)C(=O)N[C@@H](C(=O)O)CCC(=O)N1C. The van der Waals surface area contributed by atoms with Gasteiger partial charge in [-0.15, -0.1) is 0 Å². The molecule has 1 aromatic carbocycles. The smallest absolute Gasteiger partial charge is 0.327 e. The highest BCUT2D eigenvalue weighted by Gasteiger charge is 2.36. The van der Waals surface area contributed by atoms with Crippen molar-refractivity contribution in [3.05, 3.63) is 72.0 Å². The molecule has 10 atom stereocenters. The Kier molecular flexibility index (Phi) is 23.1. The summed E-state index contributed by atoms with van der Waals surface area (Å²) in [6.45, 7) is 12.6. The second-order valence-corrected chi connectivity index (χ2v) is 16.8. The highest BCUT2D eigenvalue weighted by atomic mass is 16.5. The molecule has 12 N–H and O–H groups in total. The zero-order valence-corrected chi connectivity index (χ0v) is 39.9. The number of amides is 7. The minimum absolute atomic E-state index is 0.0158. The Balaban J connectivity index is 2.59. The average Bonchev–Trinajstić information content (AvgIpc) is 3.28. The van der Waals surface area contributed by atoms with Crippen molar-refractivity contribution in [2.45, 2.75) is 116 Å². The van der Waals surface area contributed by atoms with Crippen molar-refractivity contribution in [1.82, 2.24) is 36.8 Å². The van der Waals surface area contributed by atoms with Crippen molar-refractivity contribution in [3.63, 3.8) is 0 Å². The Labute approximate surface area is 396 Å². The van der Waals surface area contributed by atoms with E-state index in [0.717, 1.165) is 16.0 Å². The average molecular weight is 953 g/mol. The van der Waals surface area contributed by atoms with Crippen LogP contribution in [0, 0.1) is 17.8 Å². The van der Waals surface area contributed by atoms with E-state index < -0.39 is 120 Å². The Morgan fingerprint density at radius 3 is 2.04 bits per heavy atom. The lowest BCUT2D eigenvalue weighted by Gasteiger charge is -2.27. The van der Waals surface area contributed by atoms with E-state index in [-0.39, 0.29) is 37.4 Å². The van der Waals surface area contributed by atoms with Gasteiger partial charge in [0.1, 0.15) is 35.9 Å². The van der Waals surface area contributed by atoms with E-state index in [1.807, 2.05) is 43.3 Å². The fraction of sp³-hybridized carbons (Fsp3) is 0.522. The third-order valence-corrected chi connectivity index (χ3v) is 11.4. The predicted octanol–water partition coefficient (Wildman–Crippen LogP) is -0.408. The number of hydrogen-bond donors (Lipinski definition) is 10. The number of benzene rings is 1. The summed E-state index contributed by atoms with van der Waals surface area (Å²) in [5.41, 5.74) is 12.2. The first-order valence-corrected chi connectivity index (χ1v) is 22.1. The van der Waals surface area contributed by atoms with E-state index in [4.69, 9.17) is 16.2 Å². The highest BCUT2D eigenvalue weighted by molar-refractivity contribution is 6.00. The number of aliphatic imine (C=N–C) groups is 1. The van der Waals surface area contributed by atoms with Crippen LogP contribution < -0.4 is 43.4 Å². The van der Waals surface area contributed by atoms with Gasteiger partial charge in [-0.2, -0.15) is 0 Å². The Morgan fingerprint density at radius 1 is 0.853 bits per heavy atom. The van der Waals surface area contributed by atoms with Crippen molar-refractivity contribution >= 4 is 59.2 Å². The van der Waals surface area contributed by atoms with Crippen LogP contribution in [0.3, 0.4) is 0 Å². The molecule has 0 unspecified atom stereocenters. The van der Waals surface area contributed by atoms with Crippen LogP contribution in [0.15, 0.2) is 71.4 Å². The number of methoxy groups -OCH3 is 1. The van der Waals surface area contributed by atoms with Gasteiger partial charge in [0.15, 0.2) is 5.96 Å². The summed E-state index contributed by atoms with van der Waals surface area (Å²) in [7, 11) is 2.81. The number of allylic oxidation sites excluding steroid dienone is 2. The van der Waals surface area contributed by atoms with Crippen molar-refractivity contribution in [2.75, 3.05) is 20.7 Å². The molecule has 22 heteroatoms. The molecule has 0 radical (unpaired) electrons. The lowest BCUT2D eigenvalue weighted by atomic mass is 9.94. The van der Waals surface area contributed by atoms with E-state index in [0.29, 0.717) is 6.42 Å². The molecule has 0 aliphatic carbocycles. The lowest BCUT2D eigenvalue weighted by molar-refractivity contribution is -0.146. The number of guanidine groups is 1. The molecule has 68 heavy (non-hydrogen) atoms. The number of carbonyl (C=O) groups excluding carboxylic acids is 7. The first kappa shape index (κ1) is 57.0. The van der Waals surface area contributed by atoms with Gasteiger partial charge in [-0.3, -0.25) is 38.6 Å². The molecule has 7 amide bonds. The summed E-state index contributed by atoms with van der Waals surface area (Å²) >= 11 is 0. The van der Waals surface area contributed by atoms with E-state index >= 15 is 0 Å². The van der Waals surface area contributed by atoms with Gasteiger partial charge in [-0.1, -0.05) is 81.5 Å². The van der Waals surface area contributed by atoms with Gasteiger partial charge in [0, 0.05) is 33.0 Å². The number of aliphatic carboxylic acids is 2. The Morgan fingerprint density at radius 2 is 1.46 bits per heavy atom. The number of carboxylic acids is 2. The van der Waals surface area contributed by atoms with E-state index in [2.05, 4.69) is 43.5 Å². The number of carbonyl (C=O) groups is 9. The summed E-state index contributed by atoms with van der Waals surface area (Å²) in [5.74, 6) is -12.4. The summed E-state index contributed by atoms with van der Waals surface area (Å²) in [4.78, 5) is 124. The fourth-order valence-electron chi connectivity index (χ4n) is 6.89. The van der Waals surface area contributed by atoms with Crippen molar-refractivity contribution in [3.8, 4) is 0 Å². The molecule has 0 spiro atoms. The van der Waals surface area contributed by atoms with Gasteiger partial charge in [-0.25, -0.2) is 9.59 Å². The van der Waals surface area contributed by atoms with Crippen LogP contribution in [0.4, 0.5) is 0 Å². The van der Waals surface area contributed by atoms with Crippen LogP contribution in [0.1, 0.15) is 72.8 Å². The van der Waals surface area contributed by atoms with Crippen molar-refractivity contribution < 1.29 is 58.1 Å². The number of carboxylic acid groups (broad SMARTS) is 2. The monoisotopic (exact) mass is 953 g/mol. The molecule has 1 aliphatic rings. The number of nitrogens with two attached hydrogens (primary N) is 2. The quantitative estimate of drug-likeness (QED) is 0.0396. The maximum atomic E-state index is 13.8. The first-order chi connectivity index (χ1) is 31.9. The second kappa shape index (κ2) is 27.5. The molecule has 0 saturated carbocycles. The van der Waals surface area contributed by atoms with Gasteiger partial charge in [0.2, 0.25) is 35.4 Å². The molecule has 0 aromatic heterocycles. The molecule has 1 heterocycles. The predicted molar refractivity (Wildman–Crippen MR) is 251 cm³/mol. The van der Waals surface area contributed by atoms with Crippen LogP contribution in [-0.4, -0.2) is 137 Å². The molecule has 22 nitrogen and oxygen atoms in total. The maximum Gasteiger partial charge on any atom is 0.327 e. The molecule has 1 aromatic rings. The van der Waals surface area contributed by atoms with Crippen LogP contribution in [0.25, 0.3) is 0 Å². The molecule has 2 rings (SSSR count). The maximum absolute atomic E-state index is 13.8. The van der Waals surface area contributed by atoms with Gasteiger partial charge in [-0.05, 0) is 52.0 Å². The van der Waals surface area contributed by atoms with Crippen molar-refractivity contribution in [2.24, 2.45) is 34.2 Å². The van der Waals surface area contributed by atoms with Gasteiger partial charge in [0.25, 0.3) is 5.91 Å². The third-order valence-electron chi connectivity index (χ3n) is 11.4. The largest absolute Gasteiger partial charge is 0.480 e. The Bertz CT molecular complexity index is 2090. The van der Waals surface area contributed by atoms with Crippen LogP contribution in [-0.2, 0) is 54.3 Å². The molecule has 1 aliphatic heterocycles. The summed E-state index contributed by atoms with van der Waals surface area (Å²) < 4.78 is 5.78. The number of ether oxygens (including phenoxy) is 1. The zero-order chi connectivity index (χ0) is 51.4. The van der Waals surface area contributed by atoms with Crippen molar-refractivity contribution in [1.29, 1.82) is 0 Å². The van der Waals surface area contributed by atoms with Gasteiger partial charge >= 0.3 is 11.9 Å². The topological polar surface area (TPSA) is 343 Å². The number of likely N-dealkylation sites (N-methyl/N-ethyl adjacent to an activating group) is 1. The molecule has 374 valence electrons. The first-order valence-electron chi connectivity index (χ1n) is 22.1. The molecular formula is C46H68N10O12. The minimum atomic E-state index is -1.89. The van der Waals surface area contributed by atoms with Gasteiger partial charge in [0.05, 0.1) is 24.0 Å². The standard InChI is InChI=1S/C46H68N10O12/c1-24(22-25(2)35(68-9)23-31-14-11-10-12-15-31)17-18-32-26(3)38(58)54-34(44(64)65)19-20-36(57)56(8)30(7)42(62)51-29(6)41(61)53-33(16-13-21-49-46(47)48)43(63)55-37(45(66)67)27(4)39(59)50-28(5)40(60)52-32/h10-12,14-15,17-18,22,25-29,32-35,37H,7,13,16,19-21,23H2,1-6,8-9H3,(H,50,59)(H,51,62)(H,52,60)(H,53,61)(H,54,58)(H,55,63)(H,64,65)(H,66,67)(H4,47,48,49)/b18-17?,24-22+/t25-,26-,27-,28-,29+,32-,33-,34+,35-,37+/m0/s1. The third kappa shape index (κ3) is 18.3. The van der Waals surface area contributed by atoms with E-state index in [1.54, 1.807) is 20.1 Å². The van der Waals surface area contributed by atoms with E-state index in [1.165, 1.54) is 40.8 Å². The van der Waals surface area contributed by atoms with E-state index in [9.17, 15) is 53.4 Å². The van der Waals surface area contributed by atoms with Crippen LogP contribution >= 0.6 is 0 Å². The number of rotatable bonds is 13. The summed E-state index contributed by atoms with van der Waals surface area (Å²) in [6, 6.07) is 0.986. The van der Waals surface area contributed by atoms with Crippen LogP contribution in [0.2, 0.25) is 0 Å². The summed E-state index contributed by atoms with van der Waals surface area (Å²) in [5, 5.41) is 34.9. The number of nitrogens with one attached hydrogen (secondary N) is 6. The summed E-state index contributed by atoms with van der Waals surface area (Å²) in [6.07, 6.45) is 4.62. The molecular weight excluding hydrogens is 885 g/mol. The molecule has 1 saturated heterocycles.